The summed E-state index contributed by atoms with van der Waals surface area (Å²) in [5, 5.41) is 0. The van der Waals surface area contributed by atoms with Gasteiger partial charge in [0.25, 0.3) is 0 Å². The van der Waals surface area contributed by atoms with E-state index in [9.17, 15) is 4.79 Å². The van der Waals surface area contributed by atoms with Gasteiger partial charge in [0, 0.05) is 11.6 Å². The maximum atomic E-state index is 12.6. The van der Waals surface area contributed by atoms with Crippen molar-refractivity contribution >= 4 is 5.97 Å². The van der Waals surface area contributed by atoms with E-state index in [1.165, 1.54) is 21.3 Å². The Bertz CT molecular complexity index is 892. The molecule has 0 aliphatic rings. The Kier molecular flexibility index (Phi) is 7.58. The molecule has 0 unspecified atom stereocenters. The normalized spacial score (nSPS) is 9.75. The minimum atomic E-state index is -0.504. The molecule has 6 heteroatoms. The van der Waals surface area contributed by atoms with Crippen LogP contribution in [0.1, 0.15) is 34.8 Å². The zero-order valence-corrected chi connectivity index (χ0v) is 16.8. The summed E-state index contributed by atoms with van der Waals surface area (Å²) in [6.45, 7) is 2.23. The van der Waals surface area contributed by atoms with Crippen molar-refractivity contribution in [2.45, 2.75) is 13.3 Å². The average Bonchev–Trinajstić information content (AvgIpc) is 2.74. The van der Waals surface area contributed by atoms with Gasteiger partial charge >= 0.3 is 5.97 Å². The highest BCUT2D eigenvalue weighted by Crippen LogP contribution is 2.42. The fourth-order valence-corrected chi connectivity index (χ4v) is 2.55. The molecule has 0 aliphatic carbocycles. The Hall–Kier alpha value is -3.33. The molecule has 2 aromatic rings. The molecule has 148 valence electrons. The molecule has 0 atom stereocenters. The van der Waals surface area contributed by atoms with Crippen molar-refractivity contribution in [2.24, 2.45) is 0 Å². The predicted octanol–water partition coefficient (Wildman–Crippen LogP) is 3.69. The highest BCUT2D eigenvalue weighted by atomic mass is 16.5. The Morgan fingerprint density at radius 3 is 2.29 bits per heavy atom. The smallest absolute Gasteiger partial charge is 0.339 e. The van der Waals surface area contributed by atoms with Crippen LogP contribution in [-0.4, -0.2) is 41.0 Å². The predicted molar refractivity (Wildman–Crippen MR) is 106 cm³/mol. The van der Waals surface area contributed by atoms with E-state index in [-0.39, 0.29) is 5.56 Å². The van der Waals surface area contributed by atoms with Crippen molar-refractivity contribution in [1.29, 1.82) is 0 Å². The lowest BCUT2D eigenvalue weighted by Gasteiger charge is -2.16. The second-order valence-corrected chi connectivity index (χ2v) is 5.69. The molecule has 2 aromatic carbocycles. The van der Waals surface area contributed by atoms with Gasteiger partial charge in [0.05, 0.1) is 46.2 Å². The van der Waals surface area contributed by atoms with Crippen LogP contribution in [-0.2, 0) is 4.74 Å². The van der Waals surface area contributed by atoms with Gasteiger partial charge in [-0.05, 0) is 24.6 Å². The molecule has 2 rings (SSSR count). The fourth-order valence-electron chi connectivity index (χ4n) is 2.55. The summed E-state index contributed by atoms with van der Waals surface area (Å²) in [5.41, 5.74) is 1.34. The zero-order chi connectivity index (χ0) is 20.5. The van der Waals surface area contributed by atoms with Gasteiger partial charge in [-0.2, -0.15) is 0 Å². The summed E-state index contributed by atoms with van der Waals surface area (Å²) in [4.78, 5) is 12.6. The topological polar surface area (TPSA) is 63.2 Å². The number of hydrogen-bond donors (Lipinski definition) is 0. The Morgan fingerprint density at radius 2 is 1.68 bits per heavy atom. The molecule has 0 N–H and O–H groups in total. The summed E-state index contributed by atoms with van der Waals surface area (Å²) in [6.07, 6.45) is 0.709. The first-order valence-corrected chi connectivity index (χ1v) is 8.75. The molecule has 28 heavy (non-hydrogen) atoms. The summed E-state index contributed by atoms with van der Waals surface area (Å²) >= 11 is 0. The molecule has 0 fully saturated rings. The summed E-state index contributed by atoms with van der Waals surface area (Å²) in [6, 6.07) is 8.86. The van der Waals surface area contributed by atoms with Gasteiger partial charge in [-0.25, -0.2) is 4.79 Å². The Balaban J connectivity index is 2.65. The maximum absolute atomic E-state index is 12.6. The van der Waals surface area contributed by atoms with E-state index in [4.69, 9.17) is 23.7 Å². The van der Waals surface area contributed by atoms with Gasteiger partial charge in [0.2, 0.25) is 5.75 Å². The van der Waals surface area contributed by atoms with Crippen LogP contribution in [0.2, 0.25) is 0 Å². The van der Waals surface area contributed by atoms with Crippen LogP contribution in [0.3, 0.4) is 0 Å². The van der Waals surface area contributed by atoms with Gasteiger partial charge in [-0.15, -0.1) is 0 Å². The minimum absolute atomic E-state index is 0.248. The first-order chi connectivity index (χ1) is 13.6. The van der Waals surface area contributed by atoms with Crippen molar-refractivity contribution < 1.29 is 28.5 Å². The summed E-state index contributed by atoms with van der Waals surface area (Å²) < 4.78 is 26.8. The van der Waals surface area contributed by atoms with Crippen LogP contribution in [0, 0.1) is 11.8 Å². The third kappa shape index (κ3) is 4.68. The second kappa shape index (κ2) is 10.1. The zero-order valence-electron chi connectivity index (χ0n) is 16.8. The first kappa shape index (κ1) is 21.0. The lowest BCUT2D eigenvalue weighted by atomic mass is 10.0. The van der Waals surface area contributed by atoms with E-state index in [1.807, 2.05) is 25.1 Å². The number of ether oxygens (including phenoxy) is 5. The molecule has 0 heterocycles. The van der Waals surface area contributed by atoms with Crippen molar-refractivity contribution in [3.63, 3.8) is 0 Å². The molecule has 0 spiro atoms. The van der Waals surface area contributed by atoms with E-state index in [0.29, 0.717) is 41.6 Å². The SMILES string of the molecule is CCCOC(=O)c1cc(OC)c(OC)c(OC)c1C#Cc1cccc(OC)c1. The van der Waals surface area contributed by atoms with Crippen molar-refractivity contribution in [3.05, 3.63) is 47.0 Å². The number of rotatable bonds is 7. The summed E-state index contributed by atoms with van der Waals surface area (Å²) in [5.74, 6) is 7.25. The molecule has 0 saturated carbocycles. The van der Waals surface area contributed by atoms with Gasteiger partial charge in [-0.3, -0.25) is 0 Å². The van der Waals surface area contributed by atoms with Crippen LogP contribution in [0.4, 0.5) is 0 Å². The molecule has 0 amide bonds. The third-order valence-corrected chi connectivity index (χ3v) is 3.89. The van der Waals surface area contributed by atoms with Gasteiger partial charge in [0.15, 0.2) is 11.5 Å². The molecule has 0 radical (unpaired) electrons. The molecular formula is C22H24O6. The second-order valence-electron chi connectivity index (χ2n) is 5.69. The monoisotopic (exact) mass is 384 g/mol. The van der Waals surface area contributed by atoms with Gasteiger partial charge < -0.3 is 23.7 Å². The number of hydrogen-bond acceptors (Lipinski definition) is 6. The van der Waals surface area contributed by atoms with Crippen LogP contribution in [0.15, 0.2) is 30.3 Å². The minimum Gasteiger partial charge on any atom is -0.497 e. The van der Waals surface area contributed by atoms with Crippen LogP contribution in [0.5, 0.6) is 23.0 Å². The summed E-state index contributed by atoms with van der Waals surface area (Å²) in [7, 11) is 6.05. The van der Waals surface area contributed by atoms with Crippen LogP contribution >= 0.6 is 0 Å². The van der Waals surface area contributed by atoms with E-state index in [2.05, 4.69) is 11.8 Å². The van der Waals surface area contributed by atoms with E-state index < -0.39 is 5.97 Å². The lowest BCUT2D eigenvalue weighted by molar-refractivity contribution is 0.0504. The molecule has 0 saturated heterocycles. The van der Waals surface area contributed by atoms with E-state index in [0.717, 1.165) is 5.56 Å². The highest BCUT2D eigenvalue weighted by molar-refractivity contribution is 5.95. The Labute approximate surface area is 165 Å². The number of methoxy groups -OCH3 is 4. The van der Waals surface area contributed by atoms with Gasteiger partial charge in [-0.1, -0.05) is 24.8 Å². The largest absolute Gasteiger partial charge is 0.497 e. The van der Waals surface area contributed by atoms with Gasteiger partial charge in [0.1, 0.15) is 5.75 Å². The molecule has 0 bridgehead atoms. The van der Waals surface area contributed by atoms with Crippen LogP contribution in [0.25, 0.3) is 0 Å². The Morgan fingerprint density at radius 1 is 0.929 bits per heavy atom. The maximum Gasteiger partial charge on any atom is 0.339 e. The number of esters is 1. The van der Waals surface area contributed by atoms with E-state index >= 15 is 0 Å². The third-order valence-electron chi connectivity index (χ3n) is 3.89. The van der Waals surface area contributed by atoms with Crippen molar-refractivity contribution in [1.82, 2.24) is 0 Å². The molecule has 6 nitrogen and oxygen atoms in total. The quantitative estimate of drug-likeness (QED) is 0.536. The lowest BCUT2D eigenvalue weighted by Crippen LogP contribution is -2.10. The first-order valence-electron chi connectivity index (χ1n) is 8.75. The van der Waals surface area contributed by atoms with Crippen LogP contribution < -0.4 is 18.9 Å². The van der Waals surface area contributed by atoms with E-state index in [1.54, 1.807) is 19.2 Å². The average molecular weight is 384 g/mol. The standard InChI is InChI=1S/C22H24O6/c1-6-12-28-22(23)18-14-19(25-3)21(27-5)20(26-4)17(18)11-10-15-8-7-9-16(13-15)24-2/h7-9,13-14H,6,12H2,1-5H3. The number of carbonyl (C=O) groups is 1. The molecule has 0 aliphatic heterocycles. The van der Waals surface area contributed by atoms with Crippen molar-refractivity contribution in [3.8, 4) is 34.8 Å². The number of benzene rings is 2. The fraction of sp³-hybridized carbons (Fsp3) is 0.318. The highest BCUT2D eigenvalue weighted by Gasteiger charge is 2.24. The van der Waals surface area contributed by atoms with Crippen molar-refractivity contribution in [2.75, 3.05) is 35.0 Å². The number of carbonyl (C=O) groups excluding carboxylic acids is 1. The molecular weight excluding hydrogens is 360 g/mol. The molecule has 0 aromatic heterocycles.